The number of carbonyl (C=O) groups is 1. The molecule has 100 valence electrons. The molecule has 1 unspecified atom stereocenters. The van der Waals surface area contributed by atoms with Gasteiger partial charge in [0, 0.05) is 0 Å². The summed E-state index contributed by atoms with van der Waals surface area (Å²) in [4.78, 5) is 12.0. The highest BCUT2D eigenvalue weighted by Crippen LogP contribution is 2.18. The highest BCUT2D eigenvalue weighted by molar-refractivity contribution is 5.81. The van der Waals surface area contributed by atoms with E-state index in [1.165, 1.54) is 0 Å². The van der Waals surface area contributed by atoms with E-state index in [9.17, 15) is 4.79 Å². The molecule has 0 aromatic heterocycles. The highest BCUT2D eigenvalue weighted by Gasteiger charge is 2.17. The van der Waals surface area contributed by atoms with Crippen LogP contribution in [0.25, 0.3) is 0 Å². The summed E-state index contributed by atoms with van der Waals surface area (Å²) in [5.41, 5.74) is 6.99. The number of carbonyl (C=O) groups excluding carboxylic acids is 1. The molecule has 2 atom stereocenters. The van der Waals surface area contributed by atoms with Gasteiger partial charge in [0.25, 0.3) is 0 Å². The third-order valence-electron chi connectivity index (χ3n) is 3.03. The van der Waals surface area contributed by atoms with Crippen LogP contribution >= 0.6 is 0 Å². The normalized spacial score (nSPS) is 13.9. The molecule has 0 aliphatic rings. The first-order valence-corrected chi connectivity index (χ1v) is 6.79. The fourth-order valence-corrected chi connectivity index (χ4v) is 2.02. The predicted molar refractivity (Wildman–Crippen MR) is 75.1 cm³/mol. The SMILES string of the molecule is CCCC(NC(=O)[C@@H](N)CCC)c1ccccc1. The molecule has 0 heterocycles. The molecule has 0 saturated heterocycles. The predicted octanol–water partition coefficient (Wildman–Crippen LogP) is 2.77. The third kappa shape index (κ3) is 4.49. The van der Waals surface area contributed by atoms with Gasteiger partial charge in [-0.05, 0) is 18.4 Å². The number of benzene rings is 1. The van der Waals surface area contributed by atoms with Crippen LogP contribution in [0.15, 0.2) is 30.3 Å². The van der Waals surface area contributed by atoms with Crippen LogP contribution in [0.4, 0.5) is 0 Å². The molecule has 0 spiro atoms. The second kappa shape index (κ2) is 7.88. The molecule has 0 radical (unpaired) electrons. The van der Waals surface area contributed by atoms with Crippen molar-refractivity contribution >= 4 is 5.91 Å². The average molecular weight is 248 g/mol. The zero-order valence-corrected chi connectivity index (χ0v) is 11.4. The van der Waals surface area contributed by atoms with E-state index in [-0.39, 0.29) is 11.9 Å². The first kappa shape index (κ1) is 14.7. The Morgan fingerprint density at radius 1 is 1.17 bits per heavy atom. The summed E-state index contributed by atoms with van der Waals surface area (Å²) in [7, 11) is 0. The van der Waals surface area contributed by atoms with Gasteiger partial charge in [0.15, 0.2) is 0 Å². The summed E-state index contributed by atoms with van der Waals surface area (Å²) in [6.07, 6.45) is 3.63. The van der Waals surface area contributed by atoms with Crippen molar-refractivity contribution in [3.05, 3.63) is 35.9 Å². The zero-order chi connectivity index (χ0) is 13.4. The van der Waals surface area contributed by atoms with Crippen molar-refractivity contribution < 1.29 is 4.79 Å². The minimum atomic E-state index is -0.391. The summed E-state index contributed by atoms with van der Waals surface area (Å²) < 4.78 is 0. The average Bonchev–Trinajstić information content (AvgIpc) is 2.39. The van der Waals surface area contributed by atoms with Crippen LogP contribution in [-0.2, 0) is 4.79 Å². The lowest BCUT2D eigenvalue weighted by atomic mass is 10.0. The Hall–Kier alpha value is -1.35. The van der Waals surface area contributed by atoms with Crippen molar-refractivity contribution in [2.24, 2.45) is 5.73 Å². The van der Waals surface area contributed by atoms with Crippen LogP contribution in [0.1, 0.15) is 51.1 Å². The van der Waals surface area contributed by atoms with Crippen molar-refractivity contribution in [2.75, 3.05) is 0 Å². The smallest absolute Gasteiger partial charge is 0.237 e. The molecule has 18 heavy (non-hydrogen) atoms. The molecule has 1 amide bonds. The molecule has 0 aliphatic heterocycles. The zero-order valence-electron chi connectivity index (χ0n) is 11.4. The van der Waals surface area contributed by atoms with Gasteiger partial charge in [-0.1, -0.05) is 57.0 Å². The Balaban J connectivity index is 2.66. The van der Waals surface area contributed by atoms with Gasteiger partial charge in [-0.25, -0.2) is 0 Å². The van der Waals surface area contributed by atoms with Crippen LogP contribution in [0, 0.1) is 0 Å². The quantitative estimate of drug-likeness (QED) is 0.779. The van der Waals surface area contributed by atoms with Crippen LogP contribution in [0.3, 0.4) is 0 Å². The van der Waals surface area contributed by atoms with Gasteiger partial charge in [-0.3, -0.25) is 4.79 Å². The Morgan fingerprint density at radius 2 is 1.78 bits per heavy atom. The molecule has 1 aromatic carbocycles. The van der Waals surface area contributed by atoms with E-state index in [1.54, 1.807) is 0 Å². The van der Waals surface area contributed by atoms with E-state index in [1.807, 2.05) is 37.3 Å². The topological polar surface area (TPSA) is 55.1 Å². The third-order valence-corrected chi connectivity index (χ3v) is 3.03. The first-order valence-electron chi connectivity index (χ1n) is 6.79. The van der Waals surface area contributed by atoms with Crippen LogP contribution in [-0.4, -0.2) is 11.9 Å². The van der Waals surface area contributed by atoms with E-state index in [0.29, 0.717) is 0 Å². The fourth-order valence-electron chi connectivity index (χ4n) is 2.02. The number of hydrogen-bond acceptors (Lipinski definition) is 2. The Morgan fingerprint density at radius 3 is 2.33 bits per heavy atom. The van der Waals surface area contributed by atoms with E-state index in [0.717, 1.165) is 31.2 Å². The molecule has 0 fully saturated rings. The highest BCUT2D eigenvalue weighted by atomic mass is 16.2. The number of amides is 1. The van der Waals surface area contributed by atoms with Gasteiger partial charge in [0.1, 0.15) is 0 Å². The molecule has 0 bridgehead atoms. The standard InChI is InChI=1S/C15H24N2O/c1-3-8-13(16)15(18)17-14(9-4-2)12-10-6-5-7-11-12/h5-7,10-11,13-14H,3-4,8-9,16H2,1-2H3,(H,17,18)/t13-,14?/m0/s1. The van der Waals surface area contributed by atoms with Crippen molar-refractivity contribution in [3.63, 3.8) is 0 Å². The molecule has 3 nitrogen and oxygen atoms in total. The first-order chi connectivity index (χ1) is 8.69. The molecule has 0 aliphatic carbocycles. The second-order valence-corrected chi connectivity index (χ2v) is 4.66. The molecule has 0 saturated carbocycles. The van der Waals surface area contributed by atoms with Crippen molar-refractivity contribution in [1.82, 2.24) is 5.32 Å². The maximum absolute atomic E-state index is 12.0. The van der Waals surface area contributed by atoms with Gasteiger partial charge in [-0.15, -0.1) is 0 Å². The van der Waals surface area contributed by atoms with Crippen LogP contribution in [0.2, 0.25) is 0 Å². The number of hydrogen-bond donors (Lipinski definition) is 2. The fraction of sp³-hybridized carbons (Fsp3) is 0.533. The Kier molecular flexibility index (Phi) is 6.44. The monoisotopic (exact) mass is 248 g/mol. The second-order valence-electron chi connectivity index (χ2n) is 4.66. The molecular weight excluding hydrogens is 224 g/mol. The van der Waals surface area contributed by atoms with Gasteiger partial charge < -0.3 is 11.1 Å². The minimum absolute atomic E-state index is 0.0425. The van der Waals surface area contributed by atoms with Crippen LogP contribution < -0.4 is 11.1 Å². The van der Waals surface area contributed by atoms with Crippen molar-refractivity contribution in [2.45, 2.75) is 51.6 Å². The maximum atomic E-state index is 12.0. The minimum Gasteiger partial charge on any atom is -0.348 e. The molecular formula is C15H24N2O. The number of rotatable bonds is 7. The maximum Gasteiger partial charge on any atom is 0.237 e. The van der Waals surface area contributed by atoms with Gasteiger partial charge in [0.05, 0.1) is 12.1 Å². The lowest BCUT2D eigenvalue weighted by Gasteiger charge is -2.21. The van der Waals surface area contributed by atoms with E-state index < -0.39 is 6.04 Å². The summed E-state index contributed by atoms with van der Waals surface area (Å²) in [5, 5.41) is 3.05. The van der Waals surface area contributed by atoms with Crippen molar-refractivity contribution in [3.8, 4) is 0 Å². The molecule has 3 heteroatoms. The molecule has 3 N–H and O–H groups in total. The molecule has 1 aromatic rings. The van der Waals surface area contributed by atoms with E-state index >= 15 is 0 Å². The Bertz CT molecular complexity index is 351. The van der Waals surface area contributed by atoms with Gasteiger partial charge in [0.2, 0.25) is 5.91 Å². The van der Waals surface area contributed by atoms with Gasteiger partial charge in [-0.2, -0.15) is 0 Å². The van der Waals surface area contributed by atoms with Gasteiger partial charge >= 0.3 is 0 Å². The lowest BCUT2D eigenvalue weighted by Crippen LogP contribution is -2.42. The summed E-state index contributed by atoms with van der Waals surface area (Å²) in [6.45, 7) is 4.15. The summed E-state index contributed by atoms with van der Waals surface area (Å²) >= 11 is 0. The van der Waals surface area contributed by atoms with Crippen molar-refractivity contribution in [1.29, 1.82) is 0 Å². The molecule has 1 rings (SSSR count). The largest absolute Gasteiger partial charge is 0.348 e. The van der Waals surface area contributed by atoms with E-state index in [4.69, 9.17) is 5.73 Å². The van der Waals surface area contributed by atoms with E-state index in [2.05, 4.69) is 12.2 Å². The summed E-state index contributed by atoms with van der Waals surface area (Å²) in [6, 6.07) is 9.76. The lowest BCUT2D eigenvalue weighted by molar-refractivity contribution is -0.123. The van der Waals surface area contributed by atoms with Crippen LogP contribution in [0.5, 0.6) is 0 Å². The summed E-state index contributed by atoms with van der Waals surface area (Å²) in [5.74, 6) is -0.0425. The number of nitrogens with two attached hydrogens (primary N) is 1. The number of nitrogens with one attached hydrogen (secondary N) is 1. The Labute approximate surface area is 110 Å².